The lowest BCUT2D eigenvalue weighted by molar-refractivity contribution is -0.117. The number of carbonyl (C=O) groups excluding carboxylic acids is 1. The predicted molar refractivity (Wildman–Crippen MR) is 76.2 cm³/mol. The molecular formula is C12H13N3OS2. The first-order valence-electron chi connectivity index (χ1n) is 5.78. The van der Waals surface area contributed by atoms with Gasteiger partial charge in [-0.25, -0.2) is 0 Å². The highest BCUT2D eigenvalue weighted by Gasteiger charge is 2.31. The van der Waals surface area contributed by atoms with Gasteiger partial charge in [-0.2, -0.15) is 17.7 Å². The van der Waals surface area contributed by atoms with Gasteiger partial charge in [-0.05, 0) is 23.1 Å². The van der Waals surface area contributed by atoms with E-state index in [1.807, 2.05) is 23.6 Å². The lowest BCUT2D eigenvalue weighted by Gasteiger charge is -2.11. The van der Waals surface area contributed by atoms with E-state index < -0.39 is 0 Å². The molecule has 18 heavy (non-hydrogen) atoms. The molecule has 0 aliphatic carbocycles. The molecule has 0 bridgehead atoms. The van der Waals surface area contributed by atoms with Crippen LogP contribution in [0.5, 0.6) is 0 Å². The van der Waals surface area contributed by atoms with Crippen molar-refractivity contribution < 1.29 is 4.79 Å². The van der Waals surface area contributed by atoms with Crippen molar-refractivity contribution in [2.45, 2.75) is 6.42 Å². The van der Waals surface area contributed by atoms with E-state index in [4.69, 9.17) is 0 Å². The maximum atomic E-state index is 11.9. The average molecular weight is 279 g/mol. The first kappa shape index (κ1) is 11.8. The third-order valence-electron chi connectivity index (χ3n) is 3.09. The van der Waals surface area contributed by atoms with Gasteiger partial charge >= 0.3 is 0 Å². The highest BCUT2D eigenvalue weighted by molar-refractivity contribution is 7.80. The fraction of sp³-hybridized carbons (Fsp3) is 0.333. The molecule has 0 radical (unpaired) electrons. The van der Waals surface area contributed by atoms with Gasteiger partial charge in [-0.15, -0.1) is 11.3 Å². The van der Waals surface area contributed by atoms with E-state index in [1.165, 1.54) is 0 Å². The second-order valence-corrected chi connectivity index (χ2v) is 5.69. The normalized spacial score (nSPS) is 19.7. The molecule has 1 N–H and O–H groups in total. The van der Waals surface area contributed by atoms with Crippen LogP contribution in [-0.4, -0.2) is 28.4 Å². The summed E-state index contributed by atoms with van der Waals surface area (Å²) in [5, 5.41) is 9.24. The monoisotopic (exact) mass is 279 g/mol. The summed E-state index contributed by atoms with van der Waals surface area (Å²) in [6, 6.07) is 5.97. The summed E-state index contributed by atoms with van der Waals surface area (Å²) in [4.78, 5) is 14.8. The number of thiol groups is 1. The fourth-order valence-corrected chi connectivity index (χ4v) is 3.07. The first-order valence-corrected chi connectivity index (χ1v) is 7.29. The Balaban J connectivity index is 1.84. The highest BCUT2D eigenvalue weighted by Crippen LogP contribution is 2.29. The first-order chi connectivity index (χ1) is 8.78. The molecule has 1 fully saturated rings. The summed E-state index contributed by atoms with van der Waals surface area (Å²) in [6.07, 6.45) is 0.574. The molecule has 3 heterocycles. The number of amides is 1. The molecule has 1 unspecified atom stereocenters. The van der Waals surface area contributed by atoms with Crippen LogP contribution in [0.2, 0.25) is 0 Å². The number of hydrogen-bond acceptors (Lipinski definition) is 4. The van der Waals surface area contributed by atoms with Crippen LogP contribution in [0.25, 0.3) is 10.6 Å². The molecular weight excluding hydrogens is 266 g/mol. The molecule has 3 rings (SSSR count). The summed E-state index contributed by atoms with van der Waals surface area (Å²) < 4.78 is 0. The molecule has 0 aromatic carbocycles. The Morgan fingerprint density at radius 1 is 1.61 bits per heavy atom. The second-order valence-electron chi connectivity index (χ2n) is 4.37. The number of nitrogens with one attached hydrogen (secondary N) is 1. The molecule has 1 atom stereocenters. The van der Waals surface area contributed by atoms with Crippen LogP contribution in [0.4, 0.5) is 5.82 Å². The predicted octanol–water partition coefficient (Wildman–Crippen LogP) is 2.42. The van der Waals surface area contributed by atoms with Gasteiger partial charge in [0.05, 0.1) is 10.6 Å². The van der Waals surface area contributed by atoms with Crippen molar-refractivity contribution in [3.8, 4) is 10.6 Å². The largest absolute Gasteiger partial charge is 0.295 e. The number of thiophene rings is 1. The Morgan fingerprint density at radius 2 is 2.50 bits per heavy atom. The molecule has 1 saturated heterocycles. The molecule has 1 aliphatic rings. The minimum absolute atomic E-state index is 0.137. The van der Waals surface area contributed by atoms with Crippen LogP contribution in [0, 0.1) is 5.92 Å². The van der Waals surface area contributed by atoms with Crippen LogP contribution >= 0.6 is 24.0 Å². The molecule has 94 valence electrons. The Hall–Kier alpha value is -1.27. The van der Waals surface area contributed by atoms with E-state index in [0.29, 0.717) is 18.2 Å². The van der Waals surface area contributed by atoms with Crippen LogP contribution in [0.1, 0.15) is 6.42 Å². The van der Waals surface area contributed by atoms with Crippen LogP contribution < -0.4 is 4.90 Å². The van der Waals surface area contributed by atoms with E-state index in [-0.39, 0.29) is 5.91 Å². The summed E-state index contributed by atoms with van der Waals surface area (Å²) in [5.74, 6) is 1.93. The van der Waals surface area contributed by atoms with Gasteiger partial charge in [-0.1, -0.05) is 6.07 Å². The topological polar surface area (TPSA) is 49.0 Å². The average Bonchev–Trinajstić information content (AvgIpc) is 3.08. The number of aromatic amines is 1. The molecule has 0 saturated carbocycles. The van der Waals surface area contributed by atoms with E-state index >= 15 is 0 Å². The molecule has 2 aromatic rings. The fourth-order valence-electron chi connectivity index (χ4n) is 2.13. The summed E-state index contributed by atoms with van der Waals surface area (Å²) in [5.41, 5.74) is 0.960. The highest BCUT2D eigenvalue weighted by atomic mass is 32.1. The standard InChI is InChI=1S/C12H13N3OS2/c16-12-4-8(7-17)6-15(12)11-5-9(13-14-11)10-2-1-3-18-10/h1-3,5,8,17H,4,6-7H2,(H,13,14). The van der Waals surface area contributed by atoms with E-state index in [2.05, 4.69) is 22.8 Å². The minimum Gasteiger partial charge on any atom is -0.295 e. The molecule has 4 nitrogen and oxygen atoms in total. The van der Waals surface area contributed by atoms with Crippen LogP contribution in [0.15, 0.2) is 23.6 Å². The summed E-state index contributed by atoms with van der Waals surface area (Å²) in [6.45, 7) is 0.719. The zero-order valence-electron chi connectivity index (χ0n) is 9.67. The molecule has 6 heteroatoms. The molecule has 2 aromatic heterocycles. The van der Waals surface area contributed by atoms with E-state index in [1.54, 1.807) is 16.2 Å². The molecule has 1 amide bonds. The third kappa shape index (κ3) is 2.06. The van der Waals surface area contributed by atoms with Gasteiger partial charge in [0.1, 0.15) is 0 Å². The minimum atomic E-state index is 0.137. The van der Waals surface area contributed by atoms with Crippen molar-refractivity contribution in [3.05, 3.63) is 23.6 Å². The summed E-state index contributed by atoms with van der Waals surface area (Å²) in [7, 11) is 0. The van der Waals surface area contributed by atoms with E-state index in [0.717, 1.165) is 22.9 Å². The quantitative estimate of drug-likeness (QED) is 0.848. The number of rotatable bonds is 3. The zero-order chi connectivity index (χ0) is 12.5. The second kappa shape index (κ2) is 4.78. The van der Waals surface area contributed by atoms with Gasteiger partial charge < -0.3 is 0 Å². The van der Waals surface area contributed by atoms with Crippen LogP contribution in [-0.2, 0) is 4.79 Å². The maximum absolute atomic E-state index is 11.9. The number of anilines is 1. The maximum Gasteiger partial charge on any atom is 0.228 e. The number of H-pyrrole nitrogens is 1. The third-order valence-corrected chi connectivity index (χ3v) is 4.51. The van der Waals surface area contributed by atoms with Gasteiger partial charge in [0.2, 0.25) is 5.91 Å². The van der Waals surface area contributed by atoms with Crippen molar-refractivity contribution in [2.75, 3.05) is 17.2 Å². The Bertz CT molecular complexity index is 549. The number of aromatic nitrogens is 2. The van der Waals surface area contributed by atoms with E-state index in [9.17, 15) is 4.79 Å². The van der Waals surface area contributed by atoms with Crippen molar-refractivity contribution in [2.24, 2.45) is 5.92 Å². The van der Waals surface area contributed by atoms with Crippen molar-refractivity contribution >= 4 is 35.7 Å². The number of hydrogen-bond donors (Lipinski definition) is 2. The molecule has 0 spiro atoms. The lowest BCUT2D eigenvalue weighted by Crippen LogP contribution is -2.24. The Morgan fingerprint density at radius 3 is 3.17 bits per heavy atom. The number of nitrogens with zero attached hydrogens (tertiary/aromatic N) is 2. The zero-order valence-corrected chi connectivity index (χ0v) is 11.4. The molecule has 1 aliphatic heterocycles. The number of carbonyl (C=O) groups is 1. The van der Waals surface area contributed by atoms with Gasteiger partial charge in [0.25, 0.3) is 0 Å². The van der Waals surface area contributed by atoms with Gasteiger partial charge in [0, 0.05) is 19.0 Å². The van der Waals surface area contributed by atoms with Crippen LogP contribution in [0.3, 0.4) is 0 Å². The summed E-state index contributed by atoms with van der Waals surface area (Å²) >= 11 is 5.91. The SMILES string of the molecule is O=C1CC(CS)CN1c1cc(-c2cccs2)[nH]n1. The smallest absolute Gasteiger partial charge is 0.228 e. The Kier molecular flexibility index (Phi) is 3.13. The van der Waals surface area contributed by atoms with Gasteiger partial charge in [-0.3, -0.25) is 14.8 Å². The van der Waals surface area contributed by atoms with Crippen molar-refractivity contribution in [3.63, 3.8) is 0 Å². The van der Waals surface area contributed by atoms with Crippen molar-refractivity contribution in [1.29, 1.82) is 0 Å². The van der Waals surface area contributed by atoms with Crippen molar-refractivity contribution in [1.82, 2.24) is 10.2 Å². The lowest BCUT2D eigenvalue weighted by atomic mass is 10.1. The van der Waals surface area contributed by atoms with Gasteiger partial charge in [0.15, 0.2) is 5.82 Å². The Labute approximate surface area is 114 Å².